The molecule has 0 saturated heterocycles. The number of imidazole rings is 1. The molecule has 0 aliphatic heterocycles. The van der Waals surface area contributed by atoms with Crippen LogP contribution in [0.5, 0.6) is 0 Å². The third-order valence-electron chi connectivity index (χ3n) is 0.901. The number of nitrogens with zero attached hydrogens (tertiary/aromatic N) is 2. The molecule has 0 radical (unpaired) electrons. The van der Waals surface area contributed by atoms with E-state index in [1.165, 1.54) is 0 Å². The molecule has 0 aliphatic rings. The van der Waals surface area contributed by atoms with Gasteiger partial charge in [-0.1, -0.05) is 26.9 Å². The number of aromatic nitrogens is 2. The van der Waals surface area contributed by atoms with Crippen LogP contribution in [-0.4, -0.2) is 11.8 Å². The molecule has 0 aromatic carbocycles. The lowest BCUT2D eigenvalue weighted by atomic mass is 10.9. The summed E-state index contributed by atoms with van der Waals surface area (Å²) in [7, 11) is 2.97. The zero-order valence-electron chi connectivity index (χ0n) is 8.53. The fraction of sp³-hybridized carbons (Fsp3) is 0.625. The van der Waals surface area contributed by atoms with Gasteiger partial charge in [0.15, 0.2) is 0 Å². The molecule has 0 aliphatic carbocycles. The summed E-state index contributed by atoms with van der Waals surface area (Å²) in [5.41, 5.74) is 0. The molecule has 0 saturated carbocycles. The van der Waals surface area contributed by atoms with Gasteiger partial charge >= 0.3 is 0 Å². The molecule has 2 nitrogen and oxygen atoms in total. The summed E-state index contributed by atoms with van der Waals surface area (Å²) in [6.07, 6.45) is 6.00. The minimum absolute atomic E-state index is 1.03. The molecule has 0 amide bonds. The van der Waals surface area contributed by atoms with Gasteiger partial charge in [-0.25, -0.2) is 9.13 Å². The van der Waals surface area contributed by atoms with Gasteiger partial charge in [0, 0.05) is 0 Å². The van der Waals surface area contributed by atoms with Crippen LogP contribution in [0.3, 0.4) is 0 Å². The Hall–Kier alpha value is -0.223. The van der Waals surface area contributed by atoms with Gasteiger partial charge in [0.25, 0.3) is 0 Å². The summed E-state index contributed by atoms with van der Waals surface area (Å²) >= 11 is 4.97. The molecule has 12 heavy (non-hydrogen) atoms. The largest absolute Gasteiger partial charge is 0.797 e. The van der Waals surface area contributed by atoms with E-state index in [-0.39, 0.29) is 0 Å². The number of rotatable bonds is 0. The van der Waals surface area contributed by atoms with Crippen molar-refractivity contribution in [1.29, 1.82) is 0 Å². The molecule has 0 spiro atoms. The highest BCUT2D eigenvalue weighted by Gasteiger charge is 1.87. The SMILES string of the molecule is C[Si](C)(C)[S-].Cn1cc[n+](C)c1. The Morgan fingerprint density at radius 3 is 1.83 bits per heavy atom. The van der Waals surface area contributed by atoms with Gasteiger partial charge in [-0.2, -0.15) is 0 Å². The van der Waals surface area contributed by atoms with E-state index >= 15 is 0 Å². The average molecular weight is 202 g/mol. The molecule has 4 heteroatoms. The highest BCUT2D eigenvalue weighted by molar-refractivity contribution is 7.97. The monoisotopic (exact) mass is 202 g/mol. The van der Waals surface area contributed by atoms with Crippen LogP contribution in [0.15, 0.2) is 18.7 Å². The van der Waals surface area contributed by atoms with Crippen LogP contribution < -0.4 is 4.57 Å². The third-order valence-corrected chi connectivity index (χ3v) is 0.901. The summed E-state index contributed by atoms with van der Waals surface area (Å²) in [6, 6.07) is 0. The molecule has 0 unspecified atom stereocenters. The van der Waals surface area contributed by atoms with Crippen molar-refractivity contribution in [3.63, 3.8) is 0 Å². The van der Waals surface area contributed by atoms with Crippen LogP contribution in [0.4, 0.5) is 0 Å². The summed E-state index contributed by atoms with van der Waals surface area (Å²) in [5.74, 6) is 0. The van der Waals surface area contributed by atoms with Gasteiger partial charge < -0.3 is 12.1 Å². The zero-order chi connectivity index (χ0) is 9.78. The minimum Gasteiger partial charge on any atom is -0.797 e. The molecule has 1 aromatic heterocycles. The maximum Gasteiger partial charge on any atom is 0.243 e. The number of hydrogen-bond acceptors (Lipinski definition) is 1. The van der Waals surface area contributed by atoms with Crippen molar-refractivity contribution in [3.8, 4) is 0 Å². The lowest BCUT2D eigenvalue weighted by Crippen LogP contribution is -2.23. The van der Waals surface area contributed by atoms with Crippen molar-refractivity contribution in [3.05, 3.63) is 18.7 Å². The normalized spacial score (nSPS) is 10.5. The Balaban J connectivity index is 0.000000217. The van der Waals surface area contributed by atoms with E-state index in [2.05, 4.69) is 19.6 Å². The summed E-state index contributed by atoms with van der Waals surface area (Å²) in [5, 5.41) is 0. The van der Waals surface area contributed by atoms with E-state index in [0.717, 1.165) is 0 Å². The molecular weight excluding hydrogens is 184 g/mol. The number of aryl methyl sites for hydroxylation is 2. The molecule has 0 atom stereocenters. The Morgan fingerprint density at radius 2 is 1.75 bits per heavy atom. The molecule has 1 heterocycles. The van der Waals surface area contributed by atoms with Crippen molar-refractivity contribution in [2.75, 3.05) is 0 Å². The highest BCUT2D eigenvalue weighted by atomic mass is 32.3. The van der Waals surface area contributed by atoms with E-state index in [1.807, 2.05) is 42.0 Å². The first-order chi connectivity index (χ1) is 5.29. The van der Waals surface area contributed by atoms with Crippen LogP contribution in [0.2, 0.25) is 19.6 Å². The highest BCUT2D eigenvalue weighted by Crippen LogP contribution is 1.91. The topological polar surface area (TPSA) is 8.81 Å². The molecule has 1 rings (SSSR count). The molecule has 70 valence electrons. The quantitative estimate of drug-likeness (QED) is 0.349. The Labute approximate surface area is 81.3 Å². The molecule has 0 bridgehead atoms. The summed E-state index contributed by atoms with van der Waals surface area (Å²) in [6.45, 7) is 6.42. The van der Waals surface area contributed by atoms with Gasteiger partial charge in [-0.05, 0) is 0 Å². The maximum atomic E-state index is 4.97. The van der Waals surface area contributed by atoms with Crippen molar-refractivity contribution >= 4 is 19.3 Å². The van der Waals surface area contributed by atoms with Gasteiger partial charge in [0.05, 0.1) is 14.1 Å². The predicted octanol–water partition coefficient (Wildman–Crippen LogP) is 1.22. The Bertz CT molecular complexity index is 205. The van der Waals surface area contributed by atoms with Gasteiger partial charge in [-0.3, -0.25) is 0 Å². The van der Waals surface area contributed by atoms with E-state index in [9.17, 15) is 0 Å². The van der Waals surface area contributed by atoms with Crippen LogP contribution in [0.25, 0.3) is 0 Å². The van der Waals surface area contributed by atoms with E-state index in [0.29, 0.717) is 0 Å². The second-order valence-corrected chi connectivity index (χ2v) is 11.8. The first kappa shape index (κ1) is 11.8. The first-order valence-electron chi connectivity index (χ1n) is 3.96. The van der Waals surface area contributed by atoms with Gasteiger partial charge in [-0.15, -0.1) is 0 Å². The molecule has 0 fully saturated rings. The van der Waals surface area contributed by atoms with Gasteiger partial charge in [0.1, 0.15) is 12.4 Å². The second-order valence-electron chi connectivity index (χ2n) is 3.86. The van der Waals surface area contributed by atoms with Crippen molar-refractivity contribution < 1.29 is 4.57 Å². The average Bonchev–Trinajstić information content (AvgIpc) is 2.09. The lowest BCUT2D eigenvalue weighted by molar-refractivity contribution is -0.670. The van der Waals surface area contributed by atoms with E-state index in [1.54, 1.807) is 0 Å². The maximum absolute atomic E-state index is 4.97. The van der Waals surface area contributed by atoms with Crippen LogP contribution in [0.1, 0.15) is 0 Å². The summed E-state index contributed by atoms with van der Waals surface area (Å²) in [4.78, 5) is 0. The van der Waals surface area contributed by atoms with Crippen LogP contribution in [0, 0.1) is 0 Å². The second kappa shape index (κ2) is 4.72. The lowest BCUT2D eigenvalue weighted by Gasteiger charge is -2.21. The Morgan fingerprint density at radius 1 is 1.33 bits per heavy atom. The fourth-order valence-electron chi connectivity index (χ4n) is 0.575. The molecule has 0 N–H and O–H groups in total. The summed E-state index contributed by atoms with van der Waals surface area (Å²) < 4.78 is 4.00. The van der Waals surface area contributed by atoms with E-state index < -0.39 is 7.22 Å². The number of hydrogen-bond donors (Lipinski definition) is 0. The minimum atomic E-state index is -1.03. The fourth-order valence-corrected chi connectivity index (χ4v) is 0.575. The van der Waals surface area contributed by atoms with Crippen LogP contribution in [-0.2, 0) is 26.2 Å². The zero-order valence-corrected chi connectivity index (χ0v) is 10.4. The third kappa shape index (κ3) is 9.78. The predicted molar refractivity (Wildman–Crippen MR) is 57.3 cm³/mol. The first-order valence-corrected chi connectivity index (χ1v) is 8.60. The smallest absolute Gasteiger partial charge is 0.243 e. The van der Waals surface area contributed by atoms with Gasteiger partial charge in [0.2, 0.25) is 6.33 Å². The van der Waals surface area contributed by atoms with Crippen molar-refractivity contribution in [2.45, 2.75) is 19.6 Å². The van der Waals surface area contributed by atoms with Crippen molar-refractivity contribution in [2.24, 2.45) is 14.1 Å². The van der Waals surface area contributed by atoms with Crippen LogP contribution >= 0.6 is 0 Å². The molecule has 1 aromatic rings. The standard InChI is InChI=1S/C5H9N2.C3H9SSi/c1-6-3-4-7(2)5-6;1-5(2,3)4/h3-5H,1-2H3;1-3H3/q+1;-1. The van der Waals surface area contributed by atoms with E-state index in [4.69, 9.17) is 12.1 Å². The Kier molecular flexibility index (Phi) is 4.63. The molecular formula is C8H18N2SSi. The van der Waals surface area contributed by atoms with Crippen molar-refractivity contribution in [1.82, 2.24) is 4.57 Å².